The molecule has 1 aliphatic heterocycles. The summed E-state index contributed by atoms with van der Waals surface area (Å²) < 4.78 is 5.13. The fourth-order valence-electron chi connectivity index (χ4n) is 2.61. The highest BCUT2D eigenvalue weighted by Crippen LogP contribution is 2.31. The third kappa shape index (κ3) is 3.33. The van der Waals surface area contributed by atoms with E-state index in [-0.39, 0.29) is 0 Å². The van der Waals surface area contributed by atoms with Crippen molar-refractivity contribution in [3.05, 3.63) is 35.4 Å². The molecular formula is C15H21NO3. The lowest BCUT2D eigenvalue weighted by molar-refractivity contribution is -0.147. The van der Waals surface area contributed by atoms with Crippen molar-refractivity contribution in [2.75, 3.05) is 20.2 Å². The van der Waals surface area contributed by atoms with Crippen LogP contribution in [0, 0.1) is 5.41 Å². The highest BCUT2D eigenvalue weighted by atomic mass is 16.5. The Bertz CT molecular complexity index is 460. The number of methoxy groups -OCH3 is 1. The van der Waals surface area contributed by atoms with Gasteiger partial charge in [0.2, 0.25) is 0 Å². The van der Waals surface area contributed by atoms with Crippen LogP contribution in [0.3, 0.4) is 0 Å². The van der Waals surface area contributed by atoms with E-state index in [2.05, 4.69) is 17.0 Å². The molecule has 1 saturated heterocycles. The number of rotatable bonds is 5. The molecule has 104 valence electrons. The standard InChI is InChI=1S/C15H21NO3/c1-15(14(17)18)6-7-16(11-15)9-12-4-3-5-13(8-12)10-19-2/h3-5,8H,6-7,9-11H2,1-2H3,(H,17,18). The lowest BCUT2D eigenvalue weighted by Gasteiger charge is -2.20. The van der Waals surface area contributed by atoms with Gasteiger partial charge in [-0.1, -0.05) is 24.3 Å². The average Bonchev–Trinajstić information content (AvgIpc) is 2.73. The van der Waals surface area contributed by atoms with Crippen LogP contribution in [0.15, 0.2) is 24.3 Å². The van der Waals surface area contributed by atoms with Gasteiger partial charge >= 0.3 is 5.97 Å². The van der Waals surface area contributed by atoms with Gasteiger partial charge in [0.1, 0.15) is 0 Å². The Morgan fingerprint density at radius 1 is 1.47 bits per heavy atom. The minimum Gasteiger partial charge on any atom is -0.481 e. The average molecular weight is 263 g/mol. The molecule has 1 aromatic carbocycles. The first-order valence-corrected chi connectivity index (χ1v) is 6.56. The molecule has 0 amide bonds. The van der Waals surface area contributed by atoms with Crippen molar-refractivity contribution in [3.8, 4) is 0 Å². The molecular weight excluding hydrogens is 242 g/mol. The molecule has 0 aromatic heterocycles. The van der Waals surface area contributed by atoms with Crippen molar-refractivity contribution in [3.63, 3.8) is 0 Å². The molecule has 4 nitrogen and oxygen atoms in total. The second-order valence-corrected chi connectivity index (χ2v) is 5.58. The van der Waals surface area contributed by atoms with Gasteiger partial charge in [-0.15, -0.1) is 0 Å². The molecule has 0 bridgehead atoms. The van der Waals surface area contributed by atoms with Gasteiger partial charge in [0, 0.05) is 20.2 Å². The second kappa shape index (κ2) is 5.72. The first-order valence-electron chi connectivity index (χ1n) is 6.56. The van der Waals surface area contributed by atoms with Crippen molar-refractivity contribution in [1.82, 2.24) is 4.90 Å². The van der Waals surface area contributed by atoms with Gasteiger partial charge in [0.05, 0.1) is 12.0 Å². The van der Waals surface area contributed by atoms with E-state index in [4.69, 9.17) is 4.74 Å². The molecule has 1 fully saturated rings. The van der Waals surface area contributed by atoms with E-state index in [1.54, 1.807) is 7.11 Å². The van der Waals surface area contributed by atoms with Crippen LogP contribution in [0.4, 0.5) is 0 Å². The molecule has 1 aromatic rings. The molecule has 1 atom stereocenters. The predicted molar refractivity (Wildman–Crippen MR) is 72.8 cm³/mol. The van der Waals surface area contributed by atoms with Crippen LogP contribution in [0.1, 0.15) is 24.5 Å². The molecule has 1 unspecified atom stereocenters. The highest BCUT2D eigenvalue weighted by Gasteiger charge is 2.40. The summed E-state index contributed by atoms with van der Waals surface area (Å²) in [6.45, 7) is 4.71. The molecule has 19 heavy (non-hydrogen) atoms. The first kappa shape index (κ1) is 14.0. The van der Waals surface area contributed by atoms with Gasteiger partial charge < -0.3 is 9.84 Å². The lowest BCUT2D eigenvalue weighted by atomic mass is 9.90. The maximum absolute atomic E-state index is 11.2. The Kier molecular flexibility index (Phi) is 4.22. The third-order valence-electron chi connectivity index (χ3n) is 3.78. The molecule has 0 spiro atoms. The lowest BCUT2D eigenvalue weighted by Crippen LogP contribution is -2.31. The van der Waals surface area contributed by atoms with Crippen LogP contribution in [0.25, 0.3) is 0 Å². The summed E-state index contributed by atoms with van der Waals surface area (Å²) in [5.41, 5.74) is 1.77. The molecule has 0 aliphatic carbocycles. The van der Waals surface area contributed by atoms with Gasteiger partial charge in [-0.2, -0.15) is 0 Å². The topological polar surface area (TPSA) is 49.8 Å². The van der Waals surface area contributed by atoms with Crippen LogP contribution < -0.4 is 0 Å². The number of carbonyl (C=O) groups is 1. The van der Waals surface area contributed by atoms with E-state index in [1.807, 2.05) is 19.1 Å². The summed E-state index contributed by atoms with van der Waals surface area (Å²) in [6.07, 6.45) is 0.722. The minimum absolute atomic E-state index is 0.593. The summed E-state index contributed by atoms with van der Waals surface area (Å²) in [6, 6.07) is 8.27. The normalized spacial score (nSPS) is 23.7. The Morgan fingerprint density at radius 2 is 2.21 bits per heavy atom. The zero-order valence-corrected chi connectivity index (χ0v) is 11.6. The number of aliphatic carboxylic acids is 1. The number of nitrogens with zero attached hydrogens (tertiary/aromatic N) is 1. The monoisotopic (exact) mass is 263 g/mol. The molecule has 1 heterocycles. The number of hydrogen-bond donors (Lipinski definition) is 1. The van der Waals surface area contributed by atoms with Gasteiger partial charge in [-0.05, 0) is 31.0 Å². The second-order valence-electron chi connectivity index (χ2n) is 5.58. The number of ether oxygens (including phenoxy) is 1. The summed E-state index contributed by atoms with van der Waals surface area (Å²) in [5.74, 6) is -0.692. The Morgan fingerprint density at radius 3 is 2.84 bits per heavy atom. The predicted octanol–water partition coefficient (Wildman–Crippen LogP) is 2.13. The van der Waals surface area contributed by atoms with E-state index in [0.29, 0.717) is 13.2 Å². The largest absolute Gasteiger partial charge is 0.481 e. The summed E-state index contributed by atoms with van der Waals surface area (Å²) in [5, 5.41) is 9.23. The molecule has 4 heteroatoms. The van der Waals surface area contributed by atoms with E-state index in [9.17, 15) is 9.90 Å². The maximum Gasteiger partial charge on any atom is 0.310 e. The van der Waals surface area contributed by atoms with Crippen LogP contribution in [0.2, 0.25) is 0 Å². The highest BCUT2D eigenvalue weighted by molar-refractivity contribution is 5.74. The van der Waals surface area contributed by atoms with E-state index >= 15 is 0 Å². The fraction of sp³-hybridized carbons (Fsp3) is 0.533. The van der Waals surface area contributed by atoms with Crippen LogP contribution in [-0.4, -0.2) is 36.2 Å². The fourth-order valence-corrected chi connectivity index (χ4v) is 2.61. The quantitative estimate of drug-likeness (QED) is 0.884. The van der Waals surface area contributed by atoms with Crippen molar-refractivity contribution in [2.24, 2.45) is 5.41 Å². The molecule has 2 rings (SSSR count). The number of hydrogen-bond acceptors (Lipinski definition) is 3. The Labute approximate surface area is 114 Å². The Balaban J connectivity index is 1.99. The van der Waals surface area contributed by atoms with Crippen molar-refractivity contribution < 1.29 is 14.6 Å². The summed E-state index contributed by atoms with van der Waals surface area (Å²) in [4.78, 5) is 13.4. The summed E-state index contributed by atoms with van der Waals surface area (Å²) in [7, 11) is 1.69. The summed E-state index contributed by atoms with van der Waals surface area (Å²) >= 11 is 0. The first-order chi connectivity index (χ1) is 9.03. The number of carboxylic acid groups (broad SMARTS) is 1. The smallest absolute Gasteiger partial charge is 0.310 e. The molecule has 1 aliphatic rings. The van der Waals surface area contributed by atoms with Crippen molar-refractivity contribution >= 4 is 5.97 Å². The van der Waals surface area contributed by atoms with Crippen molar-refractivity contribution in [2.45, 2.75) is 26.5 Å². The number of carboxylic acids is 1. The van der Waals surface area contributed by atoms with Crippen LogP contribution in [0.5, 0.6) is 0 Å². The van der Waals surface area contributed by atoms with Crippen LogP contribution >= 0.6 is 0 Å². The maximum atomic E-state index is 11.2. The molecule has 0 saturated carbocycles. The minimum atomic E-state index is -0.692. The van der Waals surface area contributed by atoms with Gasteiger partial charge in [0.25, 0.3) is 0 Å². The molecule has 1 N–H and O–H groups in total. The zero-order chi connectivity index (χ0) is 13.9. The zero-order valence-electron chi connectivity index (χ0n) is 11.6. The number of benzene rings is 1. The number of likely N-dealkylation sites (tertiary alicyclic amines) is 1. The van der Waals surface area contributed by atoms with Crippen molar-refractivity contribution in [1.29, 1.82) is 0 Å². The van der Waals surface area contributed by atoms with Gasteiger partial charge in [-0.3, -0.25) is 9.69 Å². The SMILES string of the molecule is COCc1cccc(CN2CCC(C)(C(=O)O)C2)c1. The van der Waals surface area contributed by atoms with Gasteiger partial charge in [-0.25, -0.2) is 0 Å². The molecule has 0 radical (unpaired) electrons. The van der Waals surface area contributed by atoms with Crippen LogP contribution in [-0.2, 0) is 22.7 Å². The Hall–Kier alpha value is -1.39. The van der Waals surface area contributed by atoms with Gasteiger partial charge in [0.15, 0.2) is 0 Å². The third-order valence-corrected chi connectivity index (χ3v) is 3.78. The van der Waals surface area contributed by atoms with E-state index in [0.717, 1.165) is 25.1 Å². The van der Waals surface area contributed by atoms with E-state index in [1.165, 1.54) is 5.56 Å². The van der Waals surface area contributed by atoms with E-state index < -0.39 is 11.4 Å².